The van der Waals surface area contributed by atoms with Gasteiger partial charge in [0.2, 0.25) is 0 Å². The molecule has 0 N–H and O–H groups in total. The topological polar surface area (TPSA) is 18.5 Å². The highest BCUT2D eigenvalue weighted by Gasteiger charge is 2.41. The predicted octanol–water partition coefficient (Wildman–Crippen LogP) is 3.28. The lowest BCUT2D eigenvalue weighted by molar-refractivity contribution is 0.335. The number of ether oxygens (including phenoxy) is 2. The molecule has 2 nitrogen and oxygen atoms in total. The maximum atomic E-state index is 5.43. The van der Waals surface area contributed by atoms with Crippen LogP contribution in [0.25, 0.3) is 0 Å². The highest BCUT2D eigenvalue weighted by atomic mass is 16.5. The summed E-state index contributed by atoms with van der Waals surface area (Å²) in [4.78, 5) is 0. The second-order valence-electron chi connectivity index (χ2n) is 4.15. The van der Waals surface area contributed by atoms with Gasteiger partial charge in [-0.05, 0) is 43.5 Å². The first-order chi connectivity index (χ1) is 7.80. The monoisotopic (exact) mass is 218 g/mol. The van der Waals surface area contributed by atoms with Crippen molar-refractivity contribution in [3.63, 3.8) is 0 Å². The Hall–Kier alpha value is -1.44. The first-order valence-corrected chi connectivity index (χ1v) is 5.74. The number of methoxy groups -OCH3 is 1. The summed E-state index contributed by atoms with van der Waals surface area (Å²) < 4.78 is 10.4. The molecule has 2 heteroatoms. The molecule has 86 valence electrons. The highest BCUT2D eigenvalue weighted by Crippen LogP contribution is 2.49. The Morgan fingerprint density at radius 3 is 2.44 bits per heavy atom. The van der Waals surface area contributed by atoms with Crippen molar-refractivity contribution in [3.05, 3.63) is 42.2 Å². The summed E-state index contributed by atoms with van der Waals surface area (Å²) in [5, 5.41) is 0. The Labute approximate surface area is 96.9 Å². The van der Waals surface area contributed by atoms with Crippen molar-refractivity contribution < 1.29 is 9.47 Å². The van der Waals surface area contributed by atoms with Crippen LogP contribution in [-0.4, -0.2) is 13.7 Å². The van der Waals surface area contributed by atoms with Crippen molar-refractivity contribution in [1.29, 1.82) is 0 Å². The molecule has 1 aliphatic carbocycles. The molecule has 2 rings (SSSR count). The van der Waals surface area contributed by atoms with Crippen LogP contribution in [-0.2, 0) is 10.2 Å². The molecule has 0 atom stereocenters. The van der Waals surface area contributed by atoms with Crippen molar-refractivity contribution in [2.45, 2.75) is 25.2 Å². The van der Waals surface area contributed by atoms with E-state index in [1.54, 1.807) is 13.4 Å². The van der Waals surface area contributed by atoms with Gasteiger partial charge in [-0.1, -0.05) is 12.1 Å². The third-order valence-corrected chi connectivity index (χ3v) is 3.05. The standard InChI is InChI=1S/C14H18O2/c1-3-16-13-6-4-12(5-7-13)14(8-9-14)10-11-15-2/h4-7,10-11H,3,8-9H2,1-2H3. The van der Waals surface area contributed by atoms with Crippen LogP contribution in [0, 0.1) is 0 Å². The normalized spacial score (nSPS) is 17.4. The van der Waals surface area contributed by atoms with Crippen LogP contribution in [0.1, 0.15) is 25.3 Å². The molecule has 0 amide bonds. The van der Waals surface area contributed by atoms with Gasteiger partial charge in [0.25, 0.3) is 0 Å². The SMILES string of the molecule is CCOc1ccc(C2(C=COC)CC2)cc1. The van der Waals surface area contributed by atoms with Gasteiger partial charge in [0.15, 0.2) is 0 Å². The molecule has 0 aliphatic heterocycles. The van der Waals surface area contributed by atoms with E-state index < -0.39 is 0 Å². The van der Waals surface area contributed by atoms with Crippen LogP contribution < -0.4 is 4.74 Å². The Morgan fingerprint density at radius 1 is 1.25 bits per heavy atom. The van der Waals surface area contributed by atoms with E-state index in [9.17, 15) is 0 Å². The minimum absolute atomic E-state index is 0.223. The minimum Gasteiger partial charge on any atom is -0.505 e. The van der Waals surface area contributed by atoms with Gasteiger partial charge in [-0.2, -0.15) is 0 Å². The quantitative estimate of drug-likeness (QED) is 0.706. The Balaban J connectivity index is 2.12. The van der Waals surface area contributed by atoms with Crippen molar-refractivity contribution in [2.75, 3.05) is 13.7 Å². The molecule has 0 spiro atoms. The zero-order valence-corrected chi connectivity index (χ0v) is 9.90. The van der Waals surface area contributed by atoms with Gasteiger partial charge in [0, 0.05) is 5.41 Å². The van der Waals surface area contributed by atoms with Gasteiger partial charge in [0.05, 0.1) is 20.0 Å². The van der Waals surface area contributed by atoms with Gasteiger partial charge in [0.1, 0.15) is 5.75 Å². The van der Waals surface area contributed by atoms with Crippen molar-refractivity contribution in [3.8, 4) is 5.75 Å². The molecular weight excluding hydrogens is 200 g/mol. The summed E-state index contributed by atoms with van der Waals surface area (Å²) in [7, 11) is 1.69. The van der Waals surface area contributed by atoms with Crippen LogP contribution in [0.5, 0.6) is 5.75 Å². The average molecular weight is 218 g/mol. The molecule has 0 aromatic heterocycles. The number of hydrogen-bond donors (Lipinski definition) is 0. The van der Waals surface area contributed by atoms with E-state index in [2.05, 4.69) is 18.2 Å². The number of hydrogen-bond acceptors (Lipinski definition) is 2. The summed E-state index contributed by atoms with van der Waals surface area (Å²) in [5.74, 6) is 0.942. The lowest BCUT2D eigenvalue weighted by atomic mass is 9.96. The zero-order chi connectivity index (χ0) is 11.4. The minimum atomic E-state index is 0.223. The van der Waals surface area contributed by atoms with E-state index in [0.29, 0.717) is 6.61 Å². The second kappa shape index (κ2) is 4.60. The molecular formula is C14H18O2. The van der Waals surface area contributed by atoms with E-state index in [0.717, 1.165) is 5.75 Å². The fourth-order valence-electron chi connectivity index (χ4n) is 1.93. The third-order valence-electron chi connectivity index (χ3n) is 3.05. The van der Waals surface area contributed by atoms with Gasteiger partial charge in [-0.3, -0.25) is 0 Å². The van der Waals surface area contributed by atoms with Crippen molar-refractivity contribution >= 4 is 0 Å². The lowest BCUT2D eigenvalue weighted by Gasteiger charge is -2.11. The van der Waals surface area contributed by atoms with E-state index in [1.807, 2.05) is 19.1 Å². The summed E-state index contributed by atoms with van der Waals surface area (Å²) >= 11 is 0. The summed E-state index contributed by atoms with van der Waals surface area (Å²) in [6.45, 7) is 2.71. The highest BCUT2D eigenvalue weighted by molar-refractivity contribution is 5.40. The molecule has 0 radical (unpaired) electrons. The fourth-order valence-corrected chi connectivity index (χ4v) is 1.93. The molecule has 0 heterocycles. The van der Waals surface area contributed by atoms with Gasteiger partial charge >= 0.3 is 0 Å². The Morgan fingerprint density at radius 2 is 1.94 bits per heavy atom. The molecule has 0 unspecified atom stereocenters. The molecule has 0 bridgehead atoms. The van der Waals surface area contributed by atoms with Crippen molar-refractivity contribution in [1.82, 2.24) is 0 Å². The van der Waals surface area contributed by atoms with Gasteiger partial charge < -0.3 is 9.47 Å². The van der Waals surface area contributed by atoms with Crippen molar-refractivity contribution in [2.24, 2.45) is 0 Å². The Kier molecular flexibility index (Phi) is 3.18. The first kappa shape index (κ1) is 11.1. The summed E-state index contributed by atoms with van der Waals surface area (Å²) in [6, 6.07) is 8.38. The summed E-state index contributed by atoms with van der Waals surface area (Å²) in [6.07, 6.45) is 6.35. The van der Waals surface area contributed by atoms with E-state index in [1.165, 1.54) is 18.4 Å². The molecule has 1 aromatic rings. The summed E-state index contributed by atoms with van der Waals surface area (Å²) in [5.41, 5.74) is 1.57. The third kappa shape index (κ3) is 2.21. The second-order valence-corrected chi connectivity index (χ2v) is 4.15. The molecule has 1 aliphatic rings. The fraction of sp³-hybridized carbons (Fsp3) is 0.429. The molecule has 1 saturated carbocycles. The lowest BCUT2D eigenvalue weighted by Crippen LogP contribution is -2.02. The maximum Gasteiger partial charge on any atom is 0.119 e. The van der Waals surface area contributed by atoms with Crippen LogP contribution in [0.2, 0.25) is 0 Å². The largest absolute Gasteiger partial charge is 0.505 e. The van der Waals surface area contributed by atoms with E-state index in [4.69, 9.17) is 9.47 Å². The van der Waals surface area contributed by atoms with Crippen LogP contribution >= 0.6 is 0 Å². The van der Waals surface area contributed by atoms with E-state index >= 15 is 0 Å². The van der Waals surface area contributed by atoms with Gasteiger partial charge in [-0.25, -0.2) is 0 Å². The molecule has 0 saturated heterocycles. The van der Waals surface area contributed by atoms with Crippen LogP contribution in [0.4, 0.5) is 0 Å². The first-order valence-electron chi connectivity index (χ1n) is 5.74. The van der Waals surface area contributed by atoms with E-state index in [-0.39, 0.29) is 5.41 Å². The predicted molar refractivity (Wildman–Crippen MR) is 64.7 cm³/mol. The van der Waals surface area contributed by atoms with Gasteiger partial charge in [-0.15, -0.1) is 0 Å². The number of benzene rings is 1. The molecule has 16 heavy (non-hydrogen) atoms. The van der Waals surface area contributed by atoms with Crippen LogP contribution in [0.15, 0.2) is 36.6 Å². The van der Waals surface area contributed by atoms with Crippen LogP contribution in [0.3, 0.4) is 0 Å². The average Bonchev–Trinajstić information content (AvgIpc) is 3.09. The number of allylic oxidation sites excluding steroid dienone is 1. The number of rotatable bonds is 5. The zero-order valence-electron chi connectivity index (χ0n) is 9.90. The Bertz CT molecular complexity index is 361. The maximum absolute atomic E-state index is 5.43. The molecule has 1 aromatic carbocycles. The smallest absolute Gasteiger partial charge is 0.119 e. The molecule has 1 fully saturated rings.